The van der Waals surface area contributed by atoms with Crippen LogP contribution in [-0.4, -0.2) is 35.0 Å². The maximum Gasteiger partial charge on any atom is 0.311 e. The number of carboxylic acids is 1. The second kappa shape index (κ2) is 8.48. The van der Waals surface area contributed by atoms with Crippen molar-refractivity contribution in [1.29, 1.82) is 0 Å². The molecule has 0 heterocycles. The highest BCUT2D eigenvalue weighted by molar-refractivity contribution is 5.93. The molecule has 0 saturated heterocycles. The van der Waals surface area contributed by atoms with Gasteiger partial charge >= 0.3 is 5.97 Å². The van der Waals surface area contributed by atoms with E-state index < -0.39 is 11.9 Å². The smallest absolute Gasteiger partial charge is 0.311 e. The van der Waals surface area contributed by atoms with Crippen LogP contribution in [0.5, 0.6) is 0 Å². The number of carbonyl (C=O) groups excluding carboxylic acids is 1. The summed E-state index contributed by atoms with van der Waals surface area (Å²) in [4.78, 5) is 26.2. The monoisotopic (exact) mass is 327 g/mol. The molecule has 4 nitrogen and oxygen atoms in total. The Morgan fingerprint density at radius 2 is 1.62 bits per heavy atom. The Balaban J connectivity index is 2.32. The molecular weight excluding hydrogens is 302 g/mol. The first-order valence-corrected chi connectivity index (χ1v) is 8.56. The Morgan fingerprint density at radius 3 is 2.25 bits per heavy atom. The van der Waals surface area contributed by atoms with Crippen LogP contribution in [0.1, 0.15) is 44.6 Å². The molecule has 4 heteroatoms. The summed E-state index contributed by atoms with van der Waals surface area (Å²) in [5, 5.41) is 11.6. The van der Waals surface area contributed by atoms with E-state index in [0.717, 1.165) is 23.6 Å². The minimum atomic E-state index is -0.951. The third-order valence-electron chi connectivity index (χ3n) is 4.22. The molecule has 0 fully saturated rings. The number of carboxylic acid groups (broad SMARTS) is 1. The van der Waals surface area contributed by atoms with Gasteiger partial charge in [0.25, 0.3) is 0 Å². The summed E-state index contributed by atoms with van der Waals surface area (Å²) in [7, 11) is 0. The fourth-order valence-corrected chi connectivity index (χ4v) is 3.09. The van der Waals surface area contributed by atoms with E-state index in [4.69, 9.17) is 0 Å². The summed E-state index contributed by atoms with van der Waals surface area (Å²) in [5.41, 5.74) is 0.710. The van der Waals surface area contributed by atoms with Gasteiger partial charge < -0.3 is 10.0 Å². The first-order chi connectivity index (χ1) is 11.6. The molecule has 0 aliphatic carbocycles. The van der Waals surface area contributed by atoms with Crippen LogP contribution in [0.4, 0.5) is 0 Å². The van der Waals surface area contributed by atoms with Crippen LogP contribution in [0, 0.1) is 0 Å². The summed E-state index contributed by atoms with van der Waals surface area (Å²) in [6, 6.07) is 13.3. The molecule has 1 amide bonds. The van der Waals surface area contributed by atoms with Gasteiger partial charge in [-0.1, -0.05) is 56.3 Å². The average Bonchev–Trinajstić information content (AvgIpc) is 2.58. The Hall–Kier alpha value is -2.36. The van der Waals surface area contributed by atoms with Crippen LogP contribution in [0.2, 0.25) is 0 Å². The van der Waals surface area contributed by atoms with Gasteiger partial charge in [-0.05, 0) is 29.2 Å². The number of benzene rings is 2. The van der Waals surface area contributed by atoms with Gasteiger partial charge in [-0.2, -0.15) is 0 Å². The Morgan fingerprint density at radius 1 is 1.00 bits per heavy atom. The van der Waals surface area contributed by atoms with Crippen LogP contribution in [0.25, 0.3) is 10.8 Å². The molecule has 0 spiro atoms. The van der Waals surface area contributed by atoms with Crippen molar-refractivity contribution in [1.82, 2.24) is 4.90 Å². The lowest BCUT2D eigenvalue weighted by molar-refractivity contribution is -0.142. The SMILES string of the molecule is CCCN(CCC)C(=O)CC(C(=O)O)c1cccc2ccccc12. The van der Waals surface area contributed by atoms with E-state index in [1.165, 1.54) is 0 Å². The fourth-order valence-electron chi connectivity index (χ4n) is 3.09. The number of rotatable bonds is 8. The first kappa shape index (κ1) is 18.0. The first-order valence-electron chi connectivity index (χ1n) is 8.56. The molecule has 0 aromatic heterocycles. The van der Waals surface area contributed by atoms with Crippen molar-refractivity contribution in [3.8, 4) is 0 Å². The molecule has 1 unspecified atom stereocenters. The molecule has 2 aromatic carbocycles. The van der Waals surface area contributed by atoms with E-state index in [1.54, 1.807) is 4.90 Å². The molecule has 2 rings (SSSR count). The molecule has 0 radical (unpaired) electrons. The second-order valence-electron chi connectivity index (χ2n) is 6.04. The van der Waals surface area contributed by atoms with Crippen molar-refractivity contribution in [2.45, 2.75) is 39.0 Å². The number of carbonyl (C=O) groups is 2. The zero-order valence-corrected chi connectivity index (χ0v) is 14.4. The molecule has 0 aliphatic rings. The van der Waals surface area contributed by atoms with E-state index in [2.05, 4.69) is 0 Å². The van der Waals surface area contributed by atoms with Gasteiger partial charge in [0, 0.05) is 19.5 Å². The number of nitrogens with zero attached hydrogens (tertiary/aromatic N) is 1. The van der Waals surface area contributed by atoms with Gasteiger partial charge in [-0.15, -0.1) is 0 Å². The van der Waals surface area contributed by atoms with Gasteiger partial charge in [0.2, 0.25) is 5.91 Å². The van der Waals surface area contributed by atoms with Crippen LogP contribution in [0.15, 0.2) is 42.5 Å². The minimum absolute atomic E-state index is 0.00331. The van der Waals surface area contributed by atoms with E-state index in [1.807, 2.05) is 56.3 Å². The largest absolute Gasteiger partial charge is 0.481 e. The van der Waals surface area contributed by atoms with Crippen molar-refractivity contribution in [2.24, 2.45) is 0 Å². The number of hydrogen-bond acceptors (Lipinski definition) is 2. The van der Waals surface area contributed by atoms with E-state index in [9.17, 15) is 14.7 Å². The normalized spacial score (nSPS) is 12.1. The van der Waals surface area contributed by atoms with Gasteiger partial charge in [0.05, 0.1) is 5.92 Å². The van der Waals surface area contributed by atoms with Gasteiger partial charge in [0.15, 0.2) is 0 Å². The summed E-state index contributed by atoms with van der Waals surface area (Å²) >= 11 is 0. The fraction of sp³-hybridized carbons (Fsp3) is 0.400. The summed E-state index contributed by atoms with van der Waals surface area (Å²) < 4.78 is 0. The maximum absolute atomic E-state index is 12.6. The molecular formula is C20H25NO3. The van der Waals surface area contributed by atoms with E-state index in [0.29, 0.717) is 18.7 Å². The Kier molecular flexibility index (Phi) is 6.36. The molecule has 24 heavy (non-hydrogen) atoms. The maximum atomic E-state index is 12.6. The summed E-state index contributed by atoms with van der Waals surface area (Å²) in [6.07, 6.45) is 1.75. The molecule has 0 aliphatic heterocycles. The van der Waals surface area contributed by atoms with Crippen LogP contribution < -0.4 is 0 Å². The average molecular weight is 327 g/mol. The highest BCUT2D eigenvalue weighted by Crippen LogP contribution is 2.29. The molecule has 0 bridgehead atoms. The van der Waals surface area contributed by atoms with Gasteiger partial charge in [-0.3, -0.25) is 9.59 Å². The molecule has 1 atom stereocenters. The van der Waals surface area contributed by atoms with Crippen molar-refractivity contribution in [3.63, 3.8) is 0 Å². The minimum Gasteiger partial charge on any atom is -0.481 e. The number of aliphatic carboxylic acids is 1. The van der Waals surface area contributed by atoms with Gasteiger partial charge in [-0.25, -0.2) is 0 Å². The number of amides is 1. The standard InChI is InChI=1S/C20H25NO3/c1-3-12-21(13-4-2)19(22)14-18(20(23)24)17-11-7-9-15-8-5-6-10-16(15)17/h5-11,18H,3-4,12-14H2,1-2H3,(H,23,24). The van der Waals surface area contributed by atoms with Crippen LogP contribution in [-0.2, 0) is 9.59 Å². The molecule has 2 aromatic rings. The third-order valence-corrected chi connectivity index (χ3v) is 4.22. The molecule has 0 saturated carbocycles. The predicted octanol–water partition coefficient (Wildman–Crippen LogP) is 4.05. The highest BCUT2D eigenvalue weighted by atomic mass is 16.4. The van der Waals surface area contributed by atoms with Crippen LogP contribution in [0.3, 0.4) is 0 Å². The molecule has 128 valence electrons. The van der Waals surface area contributed by atoms with Gasteiger partial charge in [0.1, 0.15) is 0 Å². The van der Waals surface area contributed by atoms with Crippen molar-refractivity contribution >= 4 is 22.6 Å². The van der Waals surface area contributed by atoms with E-state index >= 15 is 0 Å². The third kappa shape index (κ3) is 4.13. The topological polar surface area (TPSA) is 57.6 Å². The number of fused-ring (bicyclic) bond motifs is 1. The predicted molar refractivity (Wildman–Crippen MR) is 96.1 cm³/mol. The quantitative estimate of drug-likeness (QED) is 0.796. The zero-order valence-electron chi connectivity index (χ0n) is 14.4. The lowest BCUT2D eigenvalue weighted by Crippen LogP contribution is -2.34. The lowest BCUT2D eigenvalue weighted by atomic mass is 9.90. The zero-order chi connectivity index (χ0) is 17.5. The van der Waals surface area contributed by atoms with Crippen molar-refractivity contribution < 1.29 is 14.7 Å². The van der Waals surface area contributed by atoms with E-state index in [-0.39, 0.29) is 12.3 Å². The Labute approximate surface area is 143 Å². The number of hydrogen-bond donors (Lipinski definition) is 1. The van der Waals surface area contributed by atoms with Crippen molar-refractivity contribution in [2.75, 3.05) is 13.1 Å². The lowest BCUT2D eigenvalue weighted by Gasteiger charge is -2.24. The highest BCUT2D eigenvalue weighted by Gasteiger charge is 2.27. The second-order valence-corrected chi connectivity index (χ2v) is 6.04. The Bertz CT molecular complexity index is 700. The van der Waals surface area contributed by atoms with Crippen LogP contribution >= 0.6 is 0 Å². The summed E-state index contributed by atoms with van der Waals surface area (Å²) in [6.45, 7) is 5.40. The summed E-state index contributed by atoms with van der Waals surface area (Å²) in [5.74, 6) is -1.86. The van der Waals surface area contributed by atoms with Crippen molar-refractivity contribution in [3.05, 3.63) is 48.0 Å². The molecule has 1 N–H and O–H groups in total.